The van der Waals surface area contributed by atoms with Crippen molar-refractivity contribution >= 4 is 0 Å². The normalized spacial score (nSPS) is 16.4. The number of nitrogens with zero attached hydrogens (tertiary/aromatic N) is 2. The zero-order valence-corrected chi connectivity index (χ0v) is 17.5. The molecule has 4 nitrogen and oxygen atoms in total. The molecule has 0 spiro atoms. The number of rotatable bonds is 6. The van der Waals surface area contributed by atoms with Gasteiger partial charge in [0.15, 0.2) is 0 Å². The first-order valence-corrected chi connectivity index (χ1v) is 10.4. The van der Waals surface area contributed by atoms with Crippen LogP contribution >= 0.6 is 0 Å². The third kappa shape index (κ3) is 4.99. The van der Waals surface area contributed by atoms with Crippen molar-refractivity contribution in [3.63, 3.8) is 0 Å². The summed E-state index contributed by atoms with van der Waals surface area (Å²) in [6, 6.07) is 14.3. The molecule has 0 amide bonds. The second-order valence-electron chi connectivity index (χ2n) is 8.21. The summed E-state index contributed by atoms with van der Waals surface area (Å²) in [4.78, 5) is 0. The van der Waals surface area contributed by atoms with Crippen LogP contribution in [0.3, 0.4) is 0 Å². The summed E-state index contributed by atoms with van der Waals surface area (Å²) in [5, 5.41) is 7.46. The number of benzene rings is 2. The summed E-state index contributed by atoms with van der Waals surface area (Å²) in [6.07, 6.45) is 0.716. The molecular formula is C24H26F3N3O. The van der Waals surface area contributed by atoms with E-state index in [1.165, 1.54) is 17.7 Å². The maximum Gasteiger partial charge on any atom is 0.416 e. The lowest BCUT2D eigenvalue weighted by Crippen LogP contribution is -2.43. The van der Waals surface area contributed by atoms with Crippen molar-refractivity contribution in [2.24, 2.45) is 7.05 Å². The molecule has 0 radical (unpaired) electrons. The van der Waals surface area contributed by atoms with E-state index in [0.29, 0.717) is 23.3 Å². The topological polar surface area (TPSA) is 39.1 Å². The van der Waals surface area contributed by atoms with Gasteiger partial charge in [-0.25, -0.2) is 0 Å². The quantitative estimate of drug-likeness (QED) is 0.603. The van der Waals surface area contributed by atoms with Gasteiger partial charge in [-0.3, -0.25) is 4.68 Å². The van der Waals surface area contributed by atoms with Crippen LogP contribution in [0.1, 0.15) is 29.5 Å². The fourth-order valence-electron chi connectivity index (χ4n) is 4.25. The van der Waals surface area contributed by atoms with E-state index >= 15 is 0 Å². The maximum atomic E-state index is 13.5. The van der Waals surface area contributed by atoms with Crippen LogP contribution in [0.2, 0.25) is 0 Å². The molecule has 164 valence electrons. The SMILES string of the molecule is Cn1cc(-c2cc(COCC3(c4ccccc4)CCNCC3)cc(C(F)(F)F)c2)cn1. The molecule has 0 atom stereocenters. The van der Waals surface area contributed by atoms with Crippen molar-refractivity contribution in [1.82, 2.24) is 15.1 Å². The number of hydrogen-bond donors (Lipinski definition) is 1. The zero-order chi connectivity index (χ0) is 21.9. The molecule has 31 heavy (non-hydrogen) atoms. The molecule has 0 aliphatic carbocycles. The van der Waals surface area contributed by atoms with E-state index in [2.05, 4.69) is 22.5 Å². The molecule has 1 fully saturated rings. The molecule has 0 unspecified atom stereocenters. The zero-order valence-electron chi connectivity index (χ0n) is 17.5. The average molecular weight is 429 g/mol. The molecule has 7 heteroatoms. The van der Waals surface area contributed by atoms with Crippen molar-refractivity contribution in [2.45, 2.75) is 31.0 Å². The van der Waals surface area contributed by atoms with Crippen LogP contribution in [0.5, 0.6) is 0 Å². The first-order valence-electron chi connectivity index (χ1n) is 10.4. The standard InChI is InChI=1S/C24H26F3N3O/c1-30-15-20(14-29-30)19-11-18(12-22(13-19)24(25,26)27)16-31-17-23(7-9-28-10-8-23)21-5-3-2-4-6-21/h2-6,11-15,28H,7-10,16-17H2,1H3. The fraction of sp³-hybridized carbons (Fsp3) is 0.375. The van der Waals surface area contributed by atoms with E-state index in [9.17, 15) is 13.2 Å². The number of nitrogens with one attached hydrogen (secondary N) is 1. The molecule has 2 aromatic carbocycles. The predicted octanol–water partition coefficient (Wildman–Crippen LogP) is 4.94. The number of aromatic nitrogens is 2. The number of alkyl halides is 3. The highest BCUT2D eigenvalue weighted by atomic mass is 19.4. The number of halogens is 3. The lowest BCUT2D eigenvalue weighted by molar-refractivity contribution is -0.137. The van der Waals surface area contributed by atoms with Gasteiger partial charge < -0.3 is 10.1 Å². The summed E-state index contributed by atoms with van der Waals surface area (Å²) >= 11 is 0. The summed E-state index contributed by atoms with van der Waals surface area (Å²) in [5.74, 6) is 0. The molecule has 4 rings (SSSR count). The maximum absolute atomic E-state index is 13.5. The first-order chi connectivity index (χ1) is 14.9. The van der Waals surface area contributed by atoms with Gasteiger partial charge in [-0.2, -0.15) is 18.3 Å². The average Bonchev–Trinajstić information content (AvgIpc) is 3.21. The van der Waals surface area contributed by atoms with Crippen LogP contribution in [0.15, 0.2) is 60.9 Å². The van der Waals surface area contributed by atoms with E-state index in [1.807, 2.05) is 18.2 Å². The van der Waals surface area contributed by atoms with Gasteiger partial charge in [-0.15, -0.1) is 0 Å². The number of ether oxygens (including phenoxy) is 1. The fourth-order valence-corrected chi connectivity index (χ4v) is 4.25. The van der Waals surface area contributed by atoms with Gasteiger partial charge in [0.05, 0.1) is 25.0 Å². The molecule has 2 heterocycles. The van der Waals surface area contributed by atoms with Crippen LogP contribution in [-0.4, -0.2) is 29.5 Å². The Labute approximate surface area is 180 Å². The Morgan fingerprint density at radius 3 is 2.45 bits per heavy atom. The van der Waals surface area contributed by atoms with E-state index in [-0.39, 0.29) is 12.0 Å². The minimum Gasteiger partial charge on any atom is -0.376 e. The Hall–Kier alpha value is -2.64. The minimum absolute atomic E-state index is 0.124. The number of hydrogen-bond acceptors (Lipinski definition) is 3. The number of aryl methyl sites for hydroxylation is 1. The van der Waals surface area contributed by atoms with Crippen LogP contribution in [0.25, 0.3) is 11.1 Å². The molecule has 1 N–H and O–H groups in total. The third-order valence-corrected chi connectivity index (χ3v) is 5.95. The van der Waals surface area contributed by atoms with Crippen LogP contribution < -0.4 is 5.32 Å². The number of piperidine rings is 1. The summed E-state index contributed by atoms with van der Waals surface area (Å²) in [7, 11) is 1.74. The highest BCUT2D eigenvalue weighted by Gasteiger charge is 2.34. The van der Waals surface area contributed by atoms with Crippen LogP contribution in [-0.2, 0) is 30.0 Å². The van der Waals surface area contributed by atoms with E-state index in [1.54, 1.807) is 30.2 Å². The Balaban J connectivity index is 1.56. The molecule has 1 saturated heterocycles. The van der Waals surface area contributed by atoms with Crippen LogP contribution in [0, 0.1) is 0 Å². The lowest BCUT2D eigenvalue weighted by atomic mass is 9.74. The first kappa shape index (κ1) is 21.6. The molecule has 3 aromatic rings. The van der Waals surface area contributed by atoms with Gasteiger partial charge >= 0.3 is 6.18 Å². The summed E-state index contributed by atoms with van der Waals surface area (Å²) in [6.45, 7) is 2.39. The minimum atomic E-state index is -4.42. The van der Waals surface area contributed by atoms with Gasteiger partial charge in [0.25, 0.3) is 0 Å². The molecule has 0 saturated carbocycles. The van der Waals surface area contributed by atoms with Gasteiger partial charge in [-0.1, -0.05) is 30.3 Å². The summed E-state index contributed by atoms with van der Waals surface area (Å²) in [5.41, 5.74) is 2.06. The second kappa shape index (κ2) is 8.85. The highest BCUT2D eigenvalue weighted by molar-refractivity contribution is 5.64. The molecular weight excluding hydrogens is 403 g/mol. The molecule has 0 bridgehead atoms. The second-order valence-corrected chi connectivity index (χ2v) is 8.21. The Morgan fingerprint density at radius 2 is 1.81 bits per heavy atom. The van der Waals surface area contributed by atoms with Gasteiger partial charge in [0.1, 0.15) is 0 Å². The molecule has 1 aliphatic rings. The lowest BCUT2D eigenvalue weighted by Gasteiger charge is -2.38. The van der Waals surface area contributed by atoms with Crippen molar-refractivity contribution in [2.75, 3.05) is 19.7 Å². The Bertz CT molecular complexity index is 1010. The van der Waals surface area contributed by atoms with Crippen LogP contribution in [0.4, 0.5) is 13.2 Å². The van der Waals surface area contributed by atoms with Gasteiger partial charge in [-0.05, 0) is 60.8 Å². The van der Waals surface area contributed by atoms with Gasteiger partial charge in [0, 0.05) is 24.2 Å². The van der Waals surface area contributed by atoms with Crippen molar-refractivity contribution in [3.8, 4) is 11.1 Å². The third-order valence-electron chi connectivity index (χ3n) is 5.95. The smallest absolute Gasteiger partial charge is 0.376 e. The van der Waals surface area contributed by atoms with Crippen molar-refractivity contribution < 1.29 is 17.9 Å². The Morgan fingerprint density at radius 1 is 1.06 bits per heavy atom. The highest BCUT2D eigenvalue weighted by Crippen LogP contribution is 2.36. The Kier molecular flexibility index (Phi) is 6.16. The summed E-state index contributed by atoms with van der Waals surface area (Å²) < 4.78 is 48.1. The van der Waals surface area contributed by atoms with E-state index in [4.69, 9.17) is 4.74 Å². The molecule has 1 aromatic heterocycles. The largest absolute Gasteiger partial charge is 0.416 e. The van der Waals surface area contributed by atoms with Crippen molar-refractivity contribution in [1.29, 1.82) is 0 Å². The monoisotopic (exact) mass is 429 g/mol. The van der Waals surface area contributed by atoms with E-state index in [0.717, 1.165) is 25.9 Å². The predicted molar refractivity (Wildman–Crippen MR) is 114 cm³/mol. The van der Waals surface area contributed by atoms with E-state index < -0.39 is 11.7 Å². The van der Waals surface area contributed by atoms with Gasteiger partial charge in [0.2, 0.25) is 0 Å². The van der Waals surface area contributed by atoms with Crippen molar-refractivity contribution in [3.05, 3.63) is 77.6 Å². The molecule has 1 aliphatic heterocycles.